The van der Waals surface area contributed by atoms with Crippen molar-refractivity contribution in [3.8, 4) is 5.75 Å². The van der Waals surface area contributed by atoms with E-state index >= 15 is 0 Å². The molecule has 7 rings (SSSR count). The van der Waals surface area contributed by atoms with Gasteiger partial charge in [0.25, 0.3) is 0 Å². The number of hydrazine groups is 1. The van der Waals surface area contributed by atoms with E-state index < -0.39 is 0 Å². The lowest BCUT2D eigenvalue weighted by atomic mass is 10.1. The first-order valence-electron chi connectivity index (χ1n) is 14.2. The molecule has 0 spiro atoms. The Hall–Kier alpha value is -4.07. The highest BCUT2D eigenvalue weighted by molar-refractivity contribution is 6.14. The lowest BCUT2D eigenvalue weighted by Crippen LogP contribution is -2.47. The molecular formula is C28H35N9O4. The minimum atomic E-state index is -0.134. The number of nitrogens with two attached hydrogens (primary N) is 1. The second-order valence-electron chi connectivity index (χ2n) is 10.7. The van der Waals surface area contributed by atoms with Gasteiger partial charge in [-0.25, -0.2) is 19.8 Å². The number of aryl methyl sites for hydroxylation is 1. The van der Waals surface area contributed by atoms with Crippen molar-refractivity contribution in [2.45, 2.75) is 25.5 Å². The predicted octanol–water partition coefficient (Wildman–Crippen LogP) is 1.30. The van der Waals surface area contributed by atoms with Crippen LogP contribution < -0.4 is 26.2 Å². The molecule has 0 atom stereocenters. The number of benzene rings is 1. The van der Waals surface area contributed by atoms with E-state index in [9.17, 15) is 4.79 Å². The van der Waals surface area contributed by atoms with Gasteiger partial charge in [-0.3, -0.25) is 19.5 Å². The van der Waals surface area contributed by atoms with Gasteiger partial charge in [-0.15, -0.1) is 0 Å². The van der Waals surface area contributed by atoms with Crippen molar-refractivity contribution in [2.24, 2.45) is 17.9 Å². The van der Waals surface area contributed by atoms with Crippen molar-refractivity contribution >= 4 is 23.0 Å². The largest absolute Gasteiger partial charge is 0.490 e. The Morgan fingerprint density at radius 1 is 1.05 bits per heavy atom. The number of piperazine rings is 1. The molecule has 0 bridgehead atoms. The summed E-state index contributed by atoms with van der Waals surface area (Å²) in [4.78, 5) is 27.4. The highest BCUT2D eigenvalue weighted by atomic mass is 16.5. The van der Waals surface area contributed by atoms with E-state index in [-0.39, 0.29) is 18.5 Å². The number of aromatic nitrogens is 4. The van der Waals surface area contributed by atoms with Crippen LogP contribution in [0.3, 0.4) is 0 Å². The van der Waals surface area contributed by atoms with E-state index in [2.05, 4.69) is 39.1 Å². The molecule has 0 saturated carbocycles. The Balaban J connectivity index is 1.01. The standard InChI is InChI=1S/C28H35N9O4/c1-32-28(38)35(27-31-26-25(37(27)32)24(30-19-36(26)29)23-3-2-16-40-23)15-12-33-10-13-34(14-11-33)20-4-6-21(7-5-20)41-22-8-17-39-18-9-22/h2-7,16,22H,8-15,17-19,29H2,1H3. The average molecular weight is 562 g/mol. The molecule has 2 saturated heterocycles. The molecule has 6 heterocycles. The summed E-state index contributed by atoms with van der Waals surface area (Å²) in [5, 5.41) is 1.49. The number of ether oxygens (including phenoxy) is 2. The summed E-state index contributed by atoms with van der Waals surface area (Å²) in [7, 11) is 1.74. The van der Waals surface area contributed by atoms with Gasteiger partial charge in [0, 0.05) is 64.8 Å². The summed E-state index contributed by atoms with van der Waals surface area (Å²) < 4.78 is 22.2. The number of hydrogen-bond donors (Lipinski definition) is 1. The van der Waals surface area contributed by atoms with Gasteiger partial charge in [-0.1, -0.05) is 0 Å². The van der Waals surface area contributed by atoms with Crippen LogP contribution >= 0.6 is 0 Å². The van der Waals surface area contributed by atoms with Gasteiger partial charge >= 0.3 is 5.69 Å². The van der Waals surface area contributed by atoms with Crippen LogP contribution in [0.2, 0.25) is 0 Å². The Bertz CT molecular complexity index is 1590. The molecule has 2 fully saturated rings. The topological polar surface area (TPSA) is 124 Å². The highest BCUT2D eigenvalue weighted by Crippen LogP contribution is 2.27. The summed E-state index contributed by atoms with van der Waals surface area (Å²) in [5.41, 5.74) is 2.35. The fourth-order valence-corrected chi connectivity index (χ4v) is 5.89. The smallest absolute Gasteiger partial charge is 0.345 e. The van der Waals surface area contributed by atoms with Gasteiger partial charge in [-0.2, -0.15) is 4.98 Å². The van der Waals surface area contributed by atoms with Crippen LogP contribution in [0.25, 0.3) is 5.78 Å². The van der Waals surface area contributed by atoms with Gasteiger partial charge in [0.1, 0.15) is 29.9 Å². The SMILES string of the molecule is Cn1c(=O)n(CCN2CCN(c3ccc(OC4CCOCC4)cc3)CC2)c2nc3c(n21)C(c1ccco1)=NCN3N. The zero-order valence-corrected chi connectivity index (χ0v) is 23.2. The van der Waals surface area contributed by atoms with E-state index in [1.54, 1.807) is 27.1 Å². The van der Waals surface area contributed by atoms with Gasteiger partial charge in [0.05, 0.1) is 19.5 Å². The molecule has 216 valence electrons. The van der Waals surface area contributed by atoms with Gasteiger partial charge in [0.2, 0.25) is 5.78 Å². The first-order chi connectivity index (χ1) is 20.1. The summed E-state index contributed by atoms with van der Waals surface area (Å²) in [6.07, 6.45) is 3.73. The van der Waals surface area contributed by atoms with E-state index in [0.29, 0.717) is 35.3 Å². The average Bonchev–Trinajstić information content (AvgIpc) is 3.72. The Kier molecular flexibility index (Phi) is 6.77. The monoisotopic (exact) mass is 561 g/mol. The van der Waals surface area contributed by atoms with Gasteiger partial charge in [-0.05, 0) is 36.4 Å². The first-order valence-corrected chi connectivity index (χ1v) is 14.2. The summed E-state index contributed by atoms with van der Waals surface area (Å²) in [6, 6.07) is 12.1. The molecule has 3 aromatic heterocycles. The summed E-state index contributed by atoms with van der Waals surface area (Å²) >= 11 is 0. The Labute approximate surface area is 236 Å². The number of fused-ring (bicyclic) bond motifs is 3. The van der Waals surface area contributed by atoms with E-state index in [0.717, 1.165) is 64.5 Å². The summed E-state index contributed by atoms with van der Waals surface area (Å²) in [6.45, 7) is 6.73. The van der Waals surface area contributed by atoms with Gasteiger partial charge < -0.3 is 18.8 Å². The van der Waals surface area contributed by atoms with E-state index in [1.165, 1.54) is 10.7 Å². The minimum Gasteiger partial charge on any atom is -0.490 e. The molecule has 0 radical (unpaired) electrons. The minimum absolute atomic E-state index is 0.134. The maximum atomic E-state index is 13.3. The van der Waals surface area contributed by atoms with Crippen molar-refractivity contribution in [1.82, 2.24) is 23.6 Å². The van der Waals surface area contributed by atoms with E-state index in [1.807, 2.05) is 12.1 Å². The molecule has 4 aromatic rings. The molecule has 41 heavy (non-hydrogen) atoms. The van der Waals surface area contributed by atoms with E-state index in [4.69, 9.17) is 24.7 Å². The fourth-order valence-electron chi connectivity index (χ4n) is 5.89. The normalized spacial score (nSPS) is 18.6. The third-order valence-electron chi connectivity index (χ3n) is 8.19. The Morgan fingerprint density at radius 3 is 2.56 bits per heavy atom. The molecular weight excluding hydrogens is 526 g/mol. The number of furan rings is 1. The van der Waals surface area contributed by atoms with Crippen LogP contribution in [0.15, 0.2) is 56.9 Å². The number of aliphatic imine (C=N–C) groups is 1. The van der Waals surface area contributed by atoms with Crippen molar-refractivity contribution in [2.75, 3.05) is 62.5 Å². The third-order valence-corrected chi connectivity index (χ3v) is 8.19. The van der Waals surface area contributed by atoms with Crippen molar-refractivity contribution in [3.63, 3.8) is 0 Å². The maximum absolute atomic E-state index is 13.3. The van der Waals surface area contributed by atoms with Crippen LogP contribution in [-0.4, -0.2) is 88.1 Å². The molecule has 13 nitrogen and oxygen atoms in total. The van der Waals surface area contributed by atoms with Crippen LogP contribution in [-0.2, 0) is 18.3 Å². The quantitative estimate of drug-likeness (QED) is 0.333. The van der Waals surface area contributed by atoms with Crippen molar-refractivity contribution in [1.29, 1.82) is 0 Å². The molecule has 0 aliphatic carbocycles. The predicted molar refractivity (Wildman–Crippen MR) is 154 cm³/mol. The van der Waals surface area contributed by atoms with Crippen LogP contribution in [0, 0.1) is 0 Å². The van der Waals surface area contributed by atoms with Crippen molar-refractivity contribution in [3.05, 3.63) is 64.6 Å². The molecule has 13 heteroatoms. The number of rotatable bonds is 7. The number of hydrogen-bond acceptors (Lipinski definition) is 10. The number of anilines is 2. The lowest BCUT2D eigenvalue weighted by molar-refractivity contribution is 0.0256. The van der Waals surface area contributed by atoms with Crippen LogP contribution in [0.1, 0.15) is 24.3 Å². The molecule has 0 amide bonds. The summed E-state index contributed by atoms with van der Waals surface area (Å²) in [5.74, 6) is 8.87. The molecule has 3 aliphatic rings. The molecule has 0 unspecified atom stereocenters. The molecule has 3 aliphatic heterocycles. The zero-order chi connectivity index (χ0) is 27.9. The molecule has 2 N–H and O–H groups in total. The Morgan fingerprint density at radius 2 is 1.83 bits per heavy atom. The second kappa shape index (κ2) is 10.7. The fraction of sp³-hybridized carbons (Fsp3) is 0.464. The lowest BCUT2D eigenvalue weighted by Gasteiger charge is -2.36. The highest BCUT2D eigenvalue weighted by Gasteiger charge is 2.31. The van der Waals surface area contributed by atoms with Crippen LogP contribution in [0.4, 0.5) is 11.5 Å². The second-order valence-corrected chi connectivity index (χ2v) is 10.7. The molecule has 1 aromatic carbocycles. The van der Waals surface area contributed by atoms with Gasteiger partial charge in [0.15, 0.2) is 11.6 Å². The number of imidazole rings is 1. The maximum Gasteiger partial charge on any atom is 0.345 e. The first kappa shape index (κ1) is 25.9. The van der Waals surface area contributed by atoms with Crippen LogP contribution in [0.5, 0.6) is 5.75 Å². The zero-order valence-electron chi connectivity index (χ0n) is 23.2. The number of nitrogens with zero attached hydrogens (tertiary/aromatic N) is 8. The van der Waals surface area contributed by atoms with Crippen molar-refractivity contribution < 1.29 is 13.9 Å². The third kappa shape index (κ3) is 4.79.